The number of halogens is 1. The average Bonchev–Trinajstić information content (AvgIpc) is 2.86. The third-order valence-corrected chi connectivity index (χ3v) is 3.81. The highest BCUT2D eigenvalue weighted by Gasteiger charge is 2.17. The Bertz CT molecular complexity index is 432. The molecule has 2 heterocycles. The lowest BCUT2D eigenvalue weighted by Gasteiger charge is -2.03. The Morgan fingerprint density at radius 3 is 2.94 bits per heavy atom. The minimum Gasteiger partial charge on any atom is -0.333 e. The van der Waals surface area contributed by atoms with Crippen molar-refractivity contribution in [3.63, 3.8) is 0 Å². The molecule has 1 atom stereocenters. The minimum atomic E-state index is 0. The van der Waals surface area contributed by atoms with E-state index in [1.165, 1.54) is 6.42 Å². The third-order valence-electron chi connectivity index (χ3n) is 2.66. The van der Waals surface area contributed by atoms with Gasteiger partial charge in [-0.25, -0.2) is 4.98 Å². The normalized spacial score (nSPS) is 19.9. The molecule has 5 heteroatoms. The standard InChI is InChI=1S/C11H13N3S.ClH/c1-2-4-10-9(3-1)13-11(14-10)15-8-5-6-12-7-8;/h1-4,8,12H,5-7H2,(H,13,14);1H/t8-;/m1./s1. The highest BCUT2D eigenvalue weighted by atomic mass is 35.5. The lowest BCUT2D eigenvalue weighted by atomic mass is 10.3. The summed E-state index contributed by atoms with van der Waals surface area (Å²) in [4.78, 5) is 7.90. The molecule has 16 heavy (non-hydrogen) atoms. The van der Waals surface area contributed by atoms with Crippen LogP contribution < -0.4 is 5.32 Å². The van der Waals surface area contributed by atoms with Crippen molar-refractivity contribution in [3.8, 4) is 0 Å². The summed E-state index contributed by atoms with van der Waals surface area (Å²) in [6, 6.07) is 8.17. The lowest BCUT2D eigenvalue weighted by molar-refractivity contribution is 0.858. The molecule has 2 N–H and O–H groups in total. The Kier molecular flexibility index (Phi) is 3.74. The maximum Gasteiger partial charge on any atom is 0.166 e. The Hall–Kier alpha value is -0.710. The molecule has 1 saturated heterocycles. The van der Waals surface area contributed by atoms with Gasteiger partial charge in [-0.1, -0.05) is 23.9 Å². The van der Waals surface area contributed by atoms with E-state index < -0.39 is 0 Å². The summed E-state index contributed by atoms with van der Waals surface area (Å²) in [5.41, 5.74) is 2.19. The predicted molar refractivity (Wildman–Crippen MR) is 70.5 cm³/mol. The Balaban J connectivity index is 0.000000963. The van der Waals surface area contributed by atoms with Crippen molar-refractivity contribution in [1.82, 2.24) is 15.3 Å². The van der Waals surface area contributed by atoms with E-state index in [1.807, 2.05) is 30.0 Å². The van der Waals surface area contributed by atoms with Crippen LogP contribution in [-0.4, -0.2) is 28.3 Å². The SMILES string of the molecule is Cl.c1ccc2[nH]c(S[C@@H]3CCNC3)nc2c1. The maximum atomic E-state index is 4.56. The zero-order chi connectivity index (χ0) is 10.1. The molecule has 0 saturated carbocycles. The molecule has 3 nitrogen and oxygen atoms in total. The number of fused-ring (bicyclic) bond motifs is 1. The number of imidazole rings is 1. The zero-order valence-electron chi connectivity index (χ0n) is 8.77. The number of aromatic nitrogens is 2. The van der Waals surface area contributed by atoms with Crippen LogP contribution >= 0.6 is 24.2 Å². The van der Waals surface area contributed by atoms with Crippen LogP contribution in [0.4, 0.5) is 0 Å². The average molecular weight is 256 g/mol. The summed E-state index contributed by atoms with van der Waals surface area (Å²) >= 11 is 1.85. The molecule has 0 bridgehead atoms. The fourth-order valence-corrected chi connectivity index (χ4v) is 2.94. The number of nitrogens with one attached hydrogen (secondary N) is 2. The zero-order valence-corrected chi connectivity index (χ0v) is 10.4. The highest BCUT2D eigenvalue weighted by Crippen LogP contribution is 2.26. The van der Waals surface area contributed by atoms with Crippen LogP contribution in [0.15, 0.2) is 29.4 Å². The largest absolute Gasteiger partial charge is 0.333 e. The summed E-state index contributed by atoms with van der Waals surface area (Å²) in [7, 11) is 0. The van der Waals surface area contributed by atoms with Crippen molar-refractivity contribution in [2.24, 2.45) is 0 Å². The van der Waals surface area contributed by atoms with E-state index in [1.54, 1.807) is 0 Å². The van der Waals surface area contributed by atoms with Crippen LogP contribution in [0.5, 0.6) is 0 Å². The fraction of sp³-hybridized carbons (Fsp3) is 0.364. The van der Waals surface area contributed by atoms with Crippen molar-refractivity contribution < 1.29 is 0 Å². The summed E-state index contributed by atoms with van der Waals surface area (Å²) in [5, 5.41) is 5.08. The predicted octanol–water partition coefficient (Wildman–Crippen LogP) is 2.44. The molecule has 0 spiro atoms. The molecule has 0 amide bonds. The van der Waals surface area contributed by atoms with Gasteiger partial charge in [-0.2, -0.15) is 0 Å². The molecule has 0 radical (unpaired) electrons. The minimum absolute atomic E-state index is 0. The highest BCUT2D eigenvalue weighted by molar-refractivity contribution is 7.99. The fourth-order valence-electron chi connectivity index (χ4n) is 1.87. The van der Waals surface area contributed by atoms with E-state index >= 15 is 0 Å². The quantitative estimate of drug-likeness (QED) is 0.866. The van der Waals surface area contributed by atoms with Crippen molar-refractivity contribution in [3.05, 3.63) is 24.3 Å². The van der Waals surface area contributed by atoms with Gasteiger partial charge < -0.3 is 10.3 Å². The molecule has 3 rings (SSSR count). The van der Waals surface area contributed by atoms with Crippen LogP contribution in [0, 0.1) is 0 Å². The van der Waals surface area contributed by atoms with Crippen molar-refractivity contribution in [2.45, 2.75) is 16.8 Å². The summed E-state index contributed by atoms with van der Waals surface area (Å²) < 4.78 is 0. The van der Waals surface area contributed by atoms with Crippen LogP contribution in [0.3, 0.4) is 0 Å². The lowest BCUT2D eigenvalue weighted by Crippen LogP contribution is -2.10. The number of H-pyrrole nitrogens is 1. The first-order chi connectivity index (χ1) is 7.42. The number of hydrogen-bond acceptors (Lipinski definition) is 3. The van der Waals surface area contributed by atoms with Gasteiger partial charge in [0.1, 0.15) is 0 Å². The first kappa shape index (κ1) is 11.8. The smallest absolute Gasteiger partial charge is 0.166 e. The van der Waals surface area contributed by atoms with Gasteiger partial charge in [0.15, 0.2) is 5.16 Å². The number of nitrogens with zero attached hydrogens (tertiary/aromatic N) is 1. The molecule has 1 aliphatic rings. The molecular weight excluding hydrogens is 242 g/mol. The molecule has 1 aliphatic heterocycles. The molecule has 1 aromatic carbocycles. The number of para-hydroxylation sites is 2. The number of hydrogen-bond donors (Lipinski definition) is 2. The van der Waals surface area contributed by atoms with E-state index in [0.717, 1.165) is 29.3 Å². The third kappa shape index (κ3) is 2.34. The second kappa shape index (κ2) is 5.08. The molecule has 86 valence electrons. The topological polar surface area (TPSA) is 40.7 Å². The molecule has 0 unspecified atom stereocenters. The molecule has 0 aliphatic carbocycles. The van der Waals surface area contributed by atoms with Crippen LogP contribution in [0.25, 0.3) is 11.0 Å². The van der Waals surface area contributed by atoms with Gasteiger partial charge in [0.2, 0.25) is 0 Å². The second-order valence-electron chi connectivity index (χ2n) is 3.79. The van der Waals surface area contributed by atoms with E-state index in [9.17, 15) is 0 Å². The first-order valence-electron chi connectivity index (χ1n) is 5.24. The van der Waals surface area contributed by atoms with E-state index in [2.05, 4.69) is 21.4 Å². The van der Waals surface area contributed by atoms with Gasteiger partial charge >= 0.3 is 0 Å². The van der Waals surface area contributed by atoms with E-state index in [0.29, 0.717) is 5.25 Å². The van der Waals surface area contributed by atoms with Gasteiger partial charge in [0, 0.05) is 11.8 Å². The molecule has 1 fully saturated rings. The van der Waals surface area contributed by atoms with Crippen molar-refractivity contribution >= 4 is 35.2 Å². The van der Waals surface area contributed by atoms with Crippen molar-refractivity contribution in [1.29, 1.82) is 0 Å². The summed E-state index contributed by atoms with van der Waals surface area (Å²) in [6.07, 6.45) is 1.24. The first-order valence-corrected chi connectivity index (χ1v) is 6.12. The molecule has 2 aromatic rings. The second-order valence-corrected chi connectivity index (χ2v) is 5.08. The molecule has 1 aromatic heterocycles. The Morgan fingerprint density at radius 2 is 2.19 bits per heavy atom. The van der Waals surface area contributed by atoms with Crippen LogP contribution in [0.2, 0.25) is 0 Å². The molecular formula is C11H14ClN3S. The summed E-state index contributed by atoms with van der Waals surface area (Å²) in [6.45, 7) is 2.24. The number of rotatable bonds is 2. The van der Waals surface area contributed by atoms with Crippen LogP contribution in [-0.2, 0) is 0 Å². The van der Waals surface area contributed by atoms with Crippen molar-refractivity contribution in [2.75, 3.05) is 13.1 Å². The van der Waals surface area contributed by atoms with Gasteiger partial charge in [-0.05, 0) is 25.1 Å². The maximum absolute atomic E-state index is 4.56. The van der Waals surface area contributed by atoms with E-state index in [4.69, 9.17) is 0 Å². The number of benzene rings is 1. The summed E-state index contributed by atoms with van der Waals surface area (Å²) in [5.74, 6) is 0. The van der Waals surface area contributed by atoms with Gasteiger partial charge in [-0.3, -0.25) is 0 Å². The Morgan fingerprint density at radius 1 is 1.31 bits per heavy atom. The monoisotopic (exact) mass is 255 g/mol. The van der Waals surface area contributed by atoms with Gasteiger partial charge in [-0.15, -0.1) is 12.4 Å². The Labute approximate surface area is 105 Å². The van der Waals surface area contributed by atoms with Gasteiger partial charge in [0.05, 0.1) is 11.0 Å². The number of thioether (sulfide) groups is 1. The number of aromatic amines is 1. The van der Waals surface area contributed by atoms with Gasteiger partial charge in [0.25, 0.3) is 0 Å². The van der Waals surface area contributed by atoms with E-state index in [-0.39, 0.29) is 12.4 Å². The van der Waals surface area contributed by atoms with Crippen LogP contribution in [0.1, 0.15) is 6.42 Å².